The maximum Gasteiger partial charge on any atom is 0.106 e. The Bertz CT molecular complexity index is 311. The van der Waals surface area contributed by atoms with Gasteiger partial charge in [0.1, 0.15) is 4.99 Å². The molecule has 0 amide bonds. The number of nitrogens with one attached hydrogen (secondary N) is 1. The van der Waals surface area contributed by atoms with E-state index in [1.807, 2.05) is 24.3 Å². The normalized spacial score (nSPS) is 16.2. The van der Waals surface area contributed by atoms with Gasteiger partial charge in [0.2, 0.25) is 0 Å². The van der Waals surface area contributed by atoms with Crippen LogP contribution in [0.1, 0.15) is 5.56 Å². The Hall–Kier alpha value is -0.930. The van der Waals surface area contributed by atoms with Gasteiger partial charge in [0.05, 0.1) is 13.2 Å². The van der Waals surface area contributed by atoms with Crippen molar-refractivity contribution in [1.29, 1.82) is 0 Å². The summed E-state index contributed by atoms with van der Waals surface area (Å²) in [5, 5.41) is 3.13. The van der Waals surface area contributed by atoms with Gasteiger partial charge >= 0.3 is 0 Å². The minimum absolute atomic E-state index is 0.518. The predicted molar refractivity (Wildman–Crippen MR) is 52.3 cm³/mol. The van der Waals surface area contributed by atoms with Crippen molar-refractivity contribution in [3.63, 3.8) is 0 Å². The molecule has 0 spiro atoms. The van der Waals surface area contributed by atoms with Crippen LogP contribution in [0, 0.1) is 0 Å². The molecule has 1 aromatic rings. The van der Waals surface area contributed by atoms with Gasteiger partial charge < -0.3 is 10.1 Å². The number of para-hydroxylation sites is 1. The molecule has 0 fully saturated rings. The molecule has 0 saturated carbocycles. The second-order valence-corrected chi connectivity index (χ2v) is 3.19. The third-order valence-corrected chi connectivity index (χ3v) is 2.00. The fourth-order valence-electron chi connectivity index (χ4n) is 1.21. The lowest BCUT2D eigenvalue weighted by Crippen LogP contribution is -2.12. The SMILES string of the molecule is S=C1COCc2ccccc2N1. The standard InChI is InChI=1S/C9H9NOS/c12-9-6-11-5-7-3-1-2-4-8(7)10-9/h1-4H,5-6H2,(H,10,12). The van der Waals surface area contributed by atoms with Crippen LogP contribution in [0.2, 0.25) is 0 Å². The molecule has 1 heterocycles. The van der Waals surface area contributed by atoms with Crippen molar-refractivity contribution in [2.75, 3.05) is 11.9 Å². The average Bonchev–Trinajstić information content (AvgIpc) is 2.25. The largest absolute Gasteiger partial charge is 0.370 e. The lowest BCUT2D eigenvalue weighted by Gasteiger charge is -2.04. The zero-order valence-corrected chi connectivity index (χ0v) is 7.36. The van der Waals surface area contributed by atoms with E-state index in [2.05, 4.69) is 5.32 Å². The molecule has 12 heavy (non-hydrogen) atoms. The number of hydrogen-bond donors (Lipinski definition) is 1. The fourth-order valence-corrected chi connectivity index (χ4v) is 1.40. The zero-order valence-electron chi connectivity index (χ0n) is 6.54. The molecule has 1 aliphatic rings. The number of thiocarbonyl (C=S) groups is 1. The summed E-state index contributed by atoms with van der Waals surface area (Å²) in [6.07, 6.45) is 0. The summed E-state index contributed by atoms with van der Waals surface area (Å²) in [6.45, 7) is 1.16. The summed E-state index contributed by atoms with van der Waals surface area (Å²) in [5.41, 5.74) is 2.23. The van der Waals surface area contributed by atoms with Crippen molar-refractivity contribution >= 4 is 22.9 Å². The molecule has 0 bridgehead atoms. The van der Waals surface area contributed by atoms with Crippen molar-refractivity contribution in [3.8, 4) is 0 Å². The minimum Gasteiger partial charge on any atom is -0.370 e. The van der Waals surface area contributed by atoms with E-state index in [1.165, 1.54) is 0 Å². The Morgan fingerprint density at radius 1 is 1.25 bits per heavy atom. The van der Waals surface area contributed by atoms with E-state index >= 15 is 0 Å². The molecular weight excluding hydrogens is 170 g/mol. The Balaban J connectivity index is 2.37. The molecule has 2 nitrogen and oxygen atoms in total. The summed E-state index contributed by atoms with van der Waals surface area (Å²) in [7, 11) is 0. The number of anilines is 1. The van der Waals surface area contributed by atoms with Crippen LogP contribution < -0.4 is 5.32 Å². The highest BCUT2D eigenvalue weighted by atomic mass is 32.1. The molecule has 0 unspecified atom stereocenters. The summed E-state index contributed by atoms with van der Waals surface area (Å²) >= 11 is 5.03. The second kappa shape index (κ2) is 3.21. The quantitative estimate of drug-likeness (QED) is 0.615. The monoisotopic (exact) mass is 179 g/mol. The molecule has 0 aromatic heterocycles. The van der Waals surface area contributed by atoms with Crippen molar-refractivity contribution in [2.24, 2.45) is 0 Å². The van der Waals surface area contributed by atoms with Gasteiger partial charge in [0.25, 0.3) is 0 Å². The Morgan fingerprint density at radius 3 is 3.00 bits per heavy atom. The molecule has 0 saturated heterocycles. The lowest BCUT2D eigenvalue weighted by molar-refractivity contribution is 0.161. The van der Waals surface area contributed by atoms with E-state index < -0.39 is 0 Å². The summed E-state index contributed by atoms with van der Waals surface area (Å²) in [6, 6.07) is 8.03. The van der Waals surface area contributed by atoms with Crippen LogP contribution in [-0.2, 0) is 11.3 Å². The van der Waals surface area contributed by atoms with E-state index in [4.69, 9.17) is 17.0 Å². The topological polar surface area (TPSA) is 21.3 Å². The van der Waals surface area contributed by atoms with Crippen LogP contribution >= 0.6 is 12.2 Å². The average molecular weight is 179 g/mol. The first-order chi connectivity index (χ1) is 5.86. The molecule has 1 aliphatic heterocycles. The van der Waals surface area contributed by atoms with Crippen LogP contribution in [0.5, 0.6) is 0 Å². The van der Waals surface area contributed by atoms with Gasteiger partial charge in [-0.15, -0.1) is 0 Å². The number of fused-ring (bicyclic) bond motifs is 1. The van der Waals surface area contributed by atoms with Gasteiger partial charge in [-0.2, -0.15) is 0 Å². The lowest BCUT2D eigenvalue weighted by atomic mass is 10.2. The summed E-state index contributed by atoms with van der Waals surface area (Å²) in [5.74, 6) is 0. The predicted octanol–water partition coefficient (Wildman–Crippen LogP) is 1.96. The Morgan fingerprint density at radius 2 is 2.08 bits per heavy atom. The Labute approximate surface area is 76.5 Å². The van der Waals surface area contributed by atoms with E-state index in [0.717, 1.165) is 16.2 Å². The molecular formula is C9H9NOS. The van der Waals surface area contributed by atoms with Gasteiger partial charge in [-0.1, -0.05) is 30.4 Å². The van der Waals surface area contributed by atoms with Crippen LogP contribution in [0.3, 0.4) is 0 Å². The van der Waals surface area contributed by atoms with Crippen LogP contribution in [-0.4, -0.2) is 11.6 Å². The van der Waals surface area contributed by atoms with E-state index in [9.17, 15) is 0 Å². The van der Waals surface area contributed by atoms with Crippen molar-refractivity contribution in [3.05, 3.63) is 29.8 Å². The van der Waals surface area contributed by atoms with E-state index in [1.54, 1.807) is 0 Å². The van der Waals surface area contributed by atoms with Crippen molar-refractivity contribution in [1.82, 2.24) is 0 Å². The number of benzene rings is 1. The molecule has 62 valence electrons. The molecule has 2 rings (SSSR count). The first-order valence-electron chi connectivity index (χ1n) is 3.82. The van der Waals surface area contributed by atoms with Gasteiger partial charge in [0.15, 0.2) is 0 Å². The maximum absolute atomic E-state index is 5.33. The van der Waals surface area contributed by atoms with Crippen LogP contribution in [0.25, 0.3) is 0 Å². The third-order valence-electron chi connectivity index (χ3n) is 1.78. The molecule has 0 radical (unpaired) electrons. The van der Waals surface area contributed by atoms with Gasteiger partial charge in [-0.3, -0.25) is 0 Å². The van der Waals surface area contributed by atoms with Crippen molar-refractivity contribution < 1.29 is 4.74 Å². The zero-order chi connectivity index (χ0) is 8.39. The maximum atomic E-state index is 5.33. The second-order valence-electron chi connectivity index (χ2n) is 2.70. The first-order valence-corrected chi connectivity index (χ1v) is 4.22. The highest BCUT2D eigenvalue weighted by Gasteiger charge is 2.08. The highest BCUT2D eigenvalue weighted by Crippen LogP contribution is 2.18. The fraction of sp³-hybridized carbons (Fsp3) is 0.222. The molecule has 1 N–H and O–H groups in total. The molecule has 0 atom stereocenters. The van der Waals surface area contributed by atoms with E-state index in [-0.39, 0.29) is 0 Å². The van der Waals surface area contributed by atoms with Crippen LogP contribution in [0.4, 0.5) is 5.69 Å². The number of rotatable bonds is 0. The number of hydrogen-bond acceptors (Lipinski definition) is 2. The van der Waals surface area contributed by atoms with Crippen molar-refractivity contribution in [2.45, 2.75) is 6.61 Å². The highest BCUT2D eigenvalue weighted by molar-refractivity contribution is 7.80. The minimum atomic E-state index is 0.518. The van der Waals surface area contributed by atoms with Gasteiger partial charge in [-0.25, -0.2) is 0 Å². The van der Waals surface area contributed by atoms with Gasteiger partial charge in [0, 0.05) is 11.3 Å². The molecule has 0 aliphatic carbocycles. The summed E-state index contributed by atoms with van der Waals surface area (Å²) in [4.78, 5) is 0.750. The third kappa shape index (κ3) is 1.47. The smallest absolute Gasteiger partial charge is 0.106 e. The number of ether oxygens (including phenoxy) is 1. The first kappa shape index (κ1) is 7.71. The summed E-state index contributed by atoms with van der Waals surface area (Å²) < 4.78 is 5.33. The van der Waals surface area contributed by atoms with Gasteiger partial charge in [-0.05, 0) is 6.07 Å². The molecule has 3 heteroatoms. The van der Waals surface area contributed by atoms with Crippen LogP contribution in [0.15, 0.2) is 24.3 Å². The Kier molecular flexibility index (Phi) is 2.06. The van der Waals surface area contributed by atoms with E-state index in [0.29, 0.717) is 13.2 Å². The molecule has 1 aromatic carbocycles.